The molecule has 4 nitrogen and oxygen atoms in total. The normalized spacial score (nSPS) is 13.1. The van der Waals surface area contributed by atoms with Crippen LogP contribution in [0.15, 0.2) is 121 Å². The summed E-state index contributed by atoms with van der Waals surface area (Å²) in [4.78, 5) is 4.97. The van der Waals surface area contributed by atoms with Gasteiger partial charge in [0.1, 0.15) is 17.7 Å². The summed E-state index contributed by atoms with van der Waals surface area (Å²) in [5.41, 5.74) is 10.7. The number of pyridine rings is 1. The number of nitriles is 2. The summed E-state index contributed by atoms with van der Waals surface area (Å²) in [7, 11) is 0. The molecule has 9 rings (SSSR count). The van der Waals surface area contributed by atoms with Crippen LogP contribution in [0.3, 0.4) is 0 Å². The van der Waals surface area contributed by atoms with E-state index < -0.39 is 0 Å². The predicted molar refractivity (Wildman–Crippen MR) is 186 cm³/mol. The van der Waals surface area contributed by atoms with E-state index in [4.69, 9.17) is 4.98 Å². The highest BCUT2D eigenvalue weighted by Crippen LogP contribution is 2.52. The maximum absolute atomic E-state index is 10.3. The summed E-state index contributed by atoms with van der Waals surface area (Å²) in [5, 5.41) is 25.8. The highest BCUT2D eigenvalue weighted by Gasteiger charge is 2.36. The first-order valence-corrected chi connectivity index (χ1v) is 15.4. The molecule has 214 valence electrons. The number of hydrogen-bond donors (Lipinski definition) is 0. The zero-order chi connectivity index (χ0) is 31.2. The van der Waals surface area contributed by atoms with Crippen molar-refractivity contribution < 1.29 is 0 Å². The predicted octanol–water partition coefficient (Wildman–Crippen LogP) is 10.2. The number of nitrogens with zero attached hydrogens (tertiary/aromatic N) is 4. The maximum Gasteiger partial charge on any atom is 0.157 e. The SMILES string of the molecule is CC1(C)c2ccc(-c3ccc4c(c3)c3ccccc3n4-c3nc4ccccc4c(C#N)c3C#N)cc2-c2c1ccc1ccccc21. The first kappa shape index (κ1) is 26.2. The third-order valence-electron chi connectivity index (χ3n) is 9.88. The fraction of sp³-hybridized carbons (Fsp3) is 0.0714. The zero-order valence-electron chi connectivity index (χ0n) is 25.3. The Morgan fingerprint density at radius 2 is 1.24 bits per heavy atom. The van der Waals surface area contributed by atoms with Crippen LogP contribution in [0.2, 0.25) is 0 Å². The van der Waals surface area contributed by atoms with E-state index in [1.807, 2.05) is 41.0 Å². The van der Waals surface area contributed by atoms with Crippen molar-refractivity contribution in [2.45, 2.75) is 19.3 Å². The monoisotopic (exact) mass is 586 g/mol. The first-order chi connectivity index (χ1) is 22.5. The van der Waals surface area contributed by atoms with Crippen molar-refractivity contribution >= 4 is 43.5 Å². The lowest BCUT2D eigenvalue weighted by atomic mass is 9.82. The van der Waals surface area contributed by atoms with Crippen molar-refractivity contribution in [1.82, 2.24) is 9.55 Å². The van der Waals surface area contributed by atoms with Crippen molar-refractivity contribution in [3.05, 3.63) is 144 Å². The quantitative estimate of drug-likeness (QED) is 0.202. The molecule has 0 saturated heterocycles. The van der Waals surface area contributed by atoms with Gasteiger partial charge < -0.3 is 0 Å². The summed E-state index contributed by atoms with van der Waals surface area (Å²) in [5.74, 6) is 0.472. The summed E-state index contributed by atoms with van der Waals surface area (Å²) in [6.07, 6.45) is 0. The van der Waals surface area contributed by atoms with Crippen LogP contribution < -0.4 is 0 Å². The lowest BCUT2D eigenvalue weighted by Gasteiger charge is -2.21. The van der Waals surface area contributed by atoms with Crippen molar-refractivity contribution in [2.75, 3.05) is 0 Å². The minimum Gasteiger partial charge on any atom is -0.293 e. The van der Waals surface area contributed by atoms with E-state index in [9.17, 15) is 10.5 Å². The van der Waals surface area contributed by atoms with E-state index in [2.05, 4.69) is 111 Å². The van der Waals surface area contributed by atoms with Crippen LogP contribution in [-0.4, -0.2) is 9.55 Å². The molecule has 0 spiro atoms. The van der Waals surface area contributed by atoms with Crippen LogP contribution in [0.25, 0.3) is 71.6 Å². The largest absolute Gasteiger partial charge is 0.293 e. The molecular weight excluding hydrogens is 560 g/mol. The highest BCUT2D eigenvalue weighted by atomic mass is 15.1. The van der Waals surface area contributed by atoms with Crippen molar-refractivity contribution in [3.8, 4) is 40.2 Å². The van der Waals surface area contributed by atoms with Crippen LogP contribution in [0.1, 0.15) is 36.1 Å². The first-order valence-electron chi connectivity index (χ1n) is 15.4. The molecular formula is C42H26N4. The Morgan fingerprint density at radius 3 is 2.07 bits per heavy atom. The second-order valence-electron chi connectivity index (χ2n) is 12.6. The molecule has 1 aliphatic carbocycles. The van der Waals surface area contributed by atoms with Gasteiger partial charge in [0.2, 0.25) is 0 Å². The molecule has 0 N–H and O–H groups in total. The number of hydrogen-bond acceptors (Lipinski definition) is 3. The Hall–Kier alpha value is -6.23. The van der Waals surface area contributed by atoms with Crippen LogP contribution in [0.5, 0.6) is 0 Å². The average molecular weight is 587 g/mol. The minimum atomic E-state index is -0.0851. The fourth-order valence-corrected chi connectivity index (χ4v) is 7.67. The standard InChI is InChI=1S/C42H26N4/c1-42(2)35-18-16-26(22-32(35)40-28-10-4-3-9-25(28)15-19-36(40)42)27-17-20-39-31(21-27)30-12-6-8-14-38(30)46(39)41-34(24-44)33(23-43)29-11-5-7-13-37(29)45-41/h3-22H,1-2H3. The maximum atomic E-state index is 10.3. The Labute approximate surface area is 266 Å². The van der Waals surface area contributed by atoms with E-state index >= 15 is 0 Å². The Bertz CT molecular complexity index is 2700. The molecule has 1 aliphatic rings. The number of rotatable bonds is 2. The molecule has 0 saturated carbocycles. The van der Waals surface area contributed by atoms with Crippen molar-refractivity contribution in [3.63, 3.8) is 0 Å². The van der Waals surface area contributed by atoms with Crippen LogP contribution >= 0.6 is 0 Å². The Morgan fingerprint density at radius 1 is 0.587 bits per heavy atom. The lowest BCUT2D eigenvalue weighted by molar-refractivity contribution is 0.661. The van der Waals surface area contributed by atoms with Gasteiger partial charge in [-0.15, -0.1) is 0 Å². The Kier molecular flexibility index (Phi) is 5.34. The number of benzene rings is 6. The second kappa shape index (κ2) is 9.38. The van der Waals surface area contributed by atoms with Gasteiger partial charge in [-0.3, -0.25) is 4.57 Å². The summed E-state index contributed by atoms with van der Waals surface area (Å²) in [6.45, 7) is 4.64. The number of aromatic nitrogens is 2. The molecule has 8 aromatic rings. The summed E-state index contributed by atoms with van der Waals surface area (Å²) < 4.78 is 2.04. The average Bonchev–Trinajstić information content (AvgIpc) is 3.55. The zero-order valence-corrected chi connectivity index (χ0v) is 25.3. The van der Waals surface area contributed by atoms with E-state index in [0.29, 0.717) is 22.3 Å². The van der Waals surface area contributed by atoms with Gasteiger partial charge in [0, 0.05) is 21.6 Å². The van der Waals surface area contributed by atoms with Gasteiger partial charge in [0.05, 0.1) is 22.1 Å². The molecule has 4 heteroatoms. The lowest BCUT2D eigenvalue weighted by Crippen LogP contribution is -2.14. The van der Waals surface area contributed by atoms with Gasteiger partial charge in [0.25, 0.3) is 0 Å². The molecule has 0 amide bonds. The van der Waals surface area contributed by atoms with Crippen molar-refractivity contribution in [1.29, 1.82) is 10.5 Å². The third kappa shape index (κ3) is 3.44. The smallest absolute Gasteiger partial charge is 0.157 e. The Balaban J connectivity index is 1.29. The van der Waals surface area contributed by atoms with E-state index in [-0.39, 0.29) is 11.0 Å². The van der Waals surface area contributed by atoms with Gasteiger partial charge in [-0.05, 0) is 74.5 Å². The topological polar surface area (TPSA) is 65.4 Å². The molecule has 0 fully saturated rings. The number of para-hydroxylation sites is 2. The third-order valence-corrected chi connectivity index (χ3v) is 9.88. The van der Waals surface area contributed by atoms with E-state index in [0.717, 1.165) is 32.9 Å². The summed E-state index contributed by atoms with van der Waals surface area (Å²) >= 11 is 0. The molecule has 0 atom stereocenters. The van der Waals surface area contributed by atoms with Crippen LogP contribution in [-0.2, 0) is 5.41 Å². The van der Waals surface area contributed by atoms with Gasteiger partial charge in [-0.25, -0.2) is 4.98 Å². The molecule has 2 heterocycles. The minimum absolute atomic E-state index is 0.0851. The van der Waals surface area contributed by atoms with E-state index in [1.165, 1.54) is 33.0 Å². The molecule has 0 aliphatic heterocycles. The van der Waals surface area contributed by atoms with Gasteiger partial charge >= 0.3 is 0 Å². The van der Waals surface area contributed by atoms with Gasteiger partial charge in [-0.1, -0.05) is 105 Å². The molecule has 0 radical (unpaired) electrons. The van der Waals surface area contributed by atoms with E-state index in [1.54, 1.807) is 0 Å². The second-order valence-corrected chi connectivity index (χ2v) is 12.6. The molecule has 6 aromatic carbocycles. The molecule has 46 heavy (non-hydrogen) atoms. The van der Waals surface area contributed by atoms with Gasteiger partial charge in [-0.2, -0.15) is 10.5 Å². The van der Waals surface area contributed by atoms with Crippen molar-refractivity contribution in [2.24, 2.45) is 0 Å². The molecule has 0 bridgehead atoms. The van der Waals surface area contributed by atoms with Crippen LogP contribution in [0.4, 0.5) is 0 Å². The van der Waals surface area contributed by atoms with Gasteiger partial charge in [0.15, 0.2) is 5.82 Å². The highest BCUT2D eigenvalue weighted by molar-refractivity contribution is 6.11. The number of fused-ring (bicyclic) bond motifs is 9. The summed E-state index contributed by atoms with van der Waals surface area (Å²) in [6, 6.07) is 46.9. The molecule has 2 aromatic heterocycles. The van der Waals surface area contributed by atoms with Crippen LogP contribution in [0, 0.1) is 22.7 Å². The fourth-order valence-electron chi connectivity index (χ4n) is 7.67. The molecule has 0 unspecified atom stereocenters.